The number of amides is 1. The molecule has 1 heterocycles. The Morgan fingerprint density at radius 2 is 2.24 bits per heavy atom. The van der Waals surface area contributed by atoms with Crippen molar-refractivity contribution in [1.29, 1.82) is 0 Å². The number of hydrogen-bond donors (Lipinski definition) is 2. The molecule has 88 valence electrons. The van der Waals surface area contributed by atoms with E-state index in [0.29, 0.717) is 11.4 Å². The fourth-order valence-corrected chi connectivity index (χ4v) is 2.23. The summed E-state index contributed by atoms with van der Waals surface area (Å²) in [6.45, 7) is 0.401. The summed E-state index contributed by atoms with van der Waals surface area (Å²) >= 11 is 5.63. The highest BCUT2D eigenvalue weighted by Gasteiger charge is 2.11. The normalized spacial score (nSPS) is 10.2. The van der Waals surface area contributed by atoms with Gasteiger partial charge < -0.3 is 5.32 Å². The van der Waals surface area contributed by atoms with E-state index in [4.69, 9.17) is 0 Å². The van der Waals surface area contributed by atoms with Crippen LogP contribution in [0.5, 0.6) is 0 Å². The third-order valence-electron chi connectivity index (χ3n) is 2.23. The second-order valence-corrected chi connectivity index (χ2v) is 4.77. The highest BCUT2D eigenvalue weighted by molar-refractivity contribution is 7.80. The Morgan fingerprint density at radius 3 is 2.94 bits per heavy atom. The molecule has 17 heavy (non-hydrogen) atoms. The Morgan fingerprint density at radius 1 is 1.41 bits per heavy atom. The number of hydrogen-bond acceptors (Lipinski definition) is 3. The molecule has 1 amide bonds. The fourth-order valence-electron chi connectivity index (χ4n) is 1.36. The lowest BCUT2D eigenvalue weighted by Gasteiger charge is -2.05. The van der Waals surface area contributed by atoms with Gasteiger partial charge in [0.15, 0.2) is 0 Å². The molecule has 0 aliphatic carbocycles. The molecule has 0 saturated heterocycles. The highest BCUT2D eigenvalue weighted by atomic mass is 32.1. The minimum Gasteiger partial charge on any atom is -0.348 e. The maximum atomic E-state index is 13.4. The zero-order valence-electron chi connectivity index (χ0n) is 8.81. The van der Waals surface area contributed by atoms with Crippen LogP contribution < -0.4 is 5.32 Å². The third-order valence-corrected chi connectivity index (χ3v) is 3.24. The van der Waals surface area contributed by atoms with Crippen molar-refractivity contribution < 1.29 is 9.18 Å². The monoisotopic (exact) mass is 267 g/mol. The van der Waals surface area contributed by atoms with Gasteiger partial charge in [0.1, 0.15) is 5.82 Å². The van der Waals surface area contributed by atoms with E-state index in [0.717, 1.165) is 5.56 Å². The molecule has 0 fully saturated rings. The molecule has 1 aromatic heterocycles. The minimum atomic E-state index is -0.536. The maximum Gasteiger partial charge on any atom is 0.254 e. The topological polar surface area (TPSA) is 29.1 Å². The van der Waals surface area contributed by atoms with Crippen LogP contribution in [0.2, 0.25) is 0 Å². The van der Waals surface area contributed by atoms with Crippen molar-refractivity contribution in [1.82, 2.24) is 5.32 Å². The number of carbonyl (C=O) groups is 1. The van der Waals surface area contributed by atoms with E-state index in [-0.39, 0.29) is 5.56 Å². The van der Waals surface area contributed by atoms with Gasteiger partial charge in [-0.25, -0.2) is 4.39 Å². The lowest BCUT2D eigenvalue weighted by atomic mass is 10.2. The number of nitrogens with one attached hydrogen (secondary N) is 1. The van der Waals surface area contributed by atoms with Crippen molar-refractivity contribution in [3.63, 3.8) is 0 Å². The van der Waals surface area contributed by atoms with Crippen LogP contribution in [0.25, 0.3) is 0 Å². The molecule has 2 nitrogen and oxygen atoms in total. The molecule has 0 bridgehead atoms. The third kappa shape index (κ3) is 3.08. The van der Waals surface area contributed by atoms with Crippen LogP contribution in [-0.2, 0) is 6.54 Å². The highest BCUT2D eigenvalue weighted by Crippen LogP contribution is 2.13. The van der Waals surface area contributed by atoms with Gasteiger partial charge in [-0.2, -0.15) is 11.3 Å². The molecule has 0 unspecified atom stereocenters. The summed E-state index contributed by atoms with van der Waals surface area (Å²) in [5.41, 5.74) is 1.03. The molecule has 0 spiro atoms. The molecule has 0 aliphatic rings. The van der Waals surface area contributed by atoms with Crippen molar-refractivity contribution in [2.24, 2.45) is 0 Å². The van der Waals surface area contributed by atoms with E-state index in [2.05, 4.69) is 17.9 Å². The van der Waals surface area contributed by atoms with Crippen molar-refractivity contribution in [3.8, 4) is 0 Å². The molecular formula is C12H10FNOS2. The van der Waals surface area contributed by atoms with Gasteiger partial charge >= 0.3 is 0 Å². The molecule has 0 radical (unpaired) electrons. The first-order chi connectivity index (χ1) is 8.16. The fraction of sp³-hybridized carbons (Fsp3) is 0.0833. The first kappa shape index (κ1) is 12.1. The molecule has 5 heteroatoms. The summed E-state index contributed by atoms with van der Waals surface area (Å²) in [5.74, 6) is -0.963. The largest absolute Gasteiger partial charge is 0.348 e. The molecule has 1 N–H and O–H groups in total. The summed E-state index contributed by atoms with van der Waals surface area (Å²) in [6, 6.07) is 6.08. The lowest BCUT2D eigenvalue weighted by molar-refractivity contribution is 0.0946. The van der Waals surface area contributed by atoms with Gasteiger partial charge in [0.2, 0.25) is 0 Å². The Balaban J connectivity index is 2.07. The zero-order valence-corrected chi connectivity index (χ0v) is 10.5. The van der Waals surface area contributed by atoms with E-state index >= 15 is 0 Å². The zero-order chi connectivity index (χ0) is 12.3. The van der Waals surface area contributed by atoms with Crippen LogP contribution in [-0.4, -0.2) is 5.91 Å². The summed E-state index contributed by atoms with van der Waals surface area (Å²) in [6.07, 6.45) is 0. The average Bonchev–Trinajstić information content (AvgIpc) is 2.82. The first-order valence-corrected chi connectivity index (χ1v) is 6.33. The summed E-state index contributed by atoms with van der Waals surface area (Å²) < 4.78 is 13.4. The number of thiophene rings is 1. The van der Waals surface area contributed by atoms with Crippen molar-refractivity contribution in [2.45, 2.75) is 11.4 Å². The van der Waals surface area contributed by atoms with Gasteiger partial charge in [0.05, 0.1) is 5.56 Å². The number of halogens is 1. The summed E-state index contributed by atoms with van der Waals surface area (Å²) in [4.78, 5) is 12.3. The Hall–Kier alpha value is -1.33. The standard InChI is InChI=1S/C12H10FNOS2/c13-11-2-1-9(16)5-10(11)12(15)14-6-8-3-4-17-7-8/h1-5,7,16H,6H2,(H,14,15). The van der Waals surface area contributed by atoms with E-state index in [1.165, 1.54) is 18.2 Å². The van der Waals surface area contributed by atoms with Gasteiger partial charge in [-0.1, -0.05) is 0 Å². The van der Waals surface area contributed by atoms with Crippen LogP contribution in [0.4, 0.5) is 4.39 Å². The second-order valence-electron chi connectivity index (χ2n) is 3.48. The Labute approximate surface area is 108 Å². The van der Waals surface area contributed by atoms with E-state index in [1.54, 1.807) is 11.3 Å². The minimum absolute atomic E-state index is 0.0210. The van der Waals surface area contributed by atoms with Gasteiger partial charge in [-0.15, -0.1) is 12.6 Å². The number of benzene rings is 1. The van der Waals surface area contributed by atoms with E-state index in [1.807, 2.05) is 16.8 Å². The number of thiol groups is 1. The van der Waals surface area contributed by atoms with Crippen LogP contribution in [0.1, 0.15) is 15.9 Å². The van der Waals surface area contributed by atoms with Gasteiger partial charge in [0, 0.05) is 11.4 Å². The number of carbonyl (C=O) groups excluding carboxylic acids is 1. The van der Waals surface area contributed by atoms with Gasteiger partial charge in [-0.3, -0.25) is 4.79 Å². The molecule has 1 aromatic carbocycles. The predicted octanol–water partition coefficient (Wildman–Crippen LogP) is 3.11. The summed E-state index contributed by atoms with van der Waals surface area (Å²) in [7, 11) is 0. The van der Waals surface area contributed by atoms with Gasteiger partial charge in [0.25, 0.3) is 5.91 Å². The molecule has 2 rings (SSSR count). The Bertz CT molecular complexity index is 525. The molecule has 0 atom stereocenters. The second kappa shape index (κ2) is 5.33. The van der Waals surface area contributed by atoms with E-state index in [9.17, 15) is 9.18 Å². The van der Waals surface area contributed by atoms with Crippen molar-refractivity contribution in [3.05, 3.63) is 52.0 Å². The predicted molar refractivity (Wildman–Crippen MR) is 69.1 cm³/mol. The quantitative estimate of drug-likeness (QED) is 0.822. The lowest BCUT2D eigenvalue weighted by Crippen LogP contribution is -2.23. The van der Waals surface area contributed by atoms with Gasteiger partial charge in [-0.05, 0) is 40.6 Å². The van der Waals surface area contributed by atoms with E-state index < -0.39 is 11.7 Å². The molecular weight excluding hydrogens is 257 g/mol. The first-order valence-electron chi connectivity index (χ1n) is 4.94. The van der Waals surface area contributed by atoms with Crippen LogP contribution in [0, 0.1) is 5.82 Å². The van der Waals surface area contributed by atoms with Crippen molar-refractivity contribution >= 4 is 29.9 Å². The average molecular weight is 267 g/mol. The smallest absolute Gasteiger partial charge is 0.254 e. The van der Waals surface area contributed by atoms with Crippen LogP contribution in [0.15, 0.2) is 39.9 Å². The van der Waals surface area contributed by atoms with Crippen molar-refractivity contribution in [2.75, 3.05) is 0 Å². The molecule has 0 saturated carbocycles. The van der Waals surface area contributed by atoms with Crippen LogP contribution >= 0.6 is 24.0 Å². The molecule has 0 aliphatic heterocycles. The maximum absolute atomic E-state index is 13.4. The summed E-state index contributed by atoms with van der Waals surface area (Å²) in [5, 5.41) is 6.53. The SMILES string of the molecule is O=C(NCc1ccsc1)c1cc(S)ccc1F. The Kier molecular flexibility index (Phi) is 3.81. The van der Waals surface area contributed by atoms with Crippen LogP contribution in [0.3, 0.4) is 0 Å². The number of rotatable bonds is 3. The molecule has 2 aromatic rings.